The van der Waals surface area contributed by atoms with E-state index in [0.717, 1.165) is 30.5 Å². The summed E-state index contributed by atoms with van der Waals surface area (Å²) >= 11 is 0. The molecular weight excluding hydrogens is 230 g/mol. The third-order valence-corrected chi connectivity index (χ3v) is 3.50. The molecule has 100 valence electrons. The van der Waals surface area contributed by atoms with Gasteiger partial charge in [-0.05, 0) is 31.2 Å². The lowest BCUT2D eigenvalue weighted by Gasteiger charge is -2.16. The van der Waals surface area contributed by atoms with Crippen LogP contribution in [0.1, 0.15) is 42.7 Å². The van der Waals surface area contributed by atoms with Gasteiger partial charge in [0.15, 0.2) is 0 Å². The molecule has 5 heteroatoms. The summed E-state index contributed by atoms with van der Waals surface area (Å²) in [5.74, 6) is 0.559. The van der Waals surface area contributed by atoms with Crippen LogP contribution in [-0.2, 0) is 6.54 Å². The van der Waals surface area contributed by atoms with Gasteiger partial charge in [-0.3, -0.25) is 10.00 Å². The van der Waals surface area contributed by atoms with Crippen LogP contribution in [0.3, 0.4) is 0 Å². The number of likely N-dealkylation sites (tertiary alicyclic amines) is 1. The summed E-state index contributed by atoms with van der Waals surface area (Å²) in [6, 6.07) is 0. The summed E-state index contributed by atoms with van der Waals surface area (Å²) in [7, 11) is 0. The zero-order chi connectivity index (χ0) is 13.1. The van der Waals surface area contributed by atoms with Crippen molar-refractivity contribution in [2.75, 3.05) is 13.1 Å². The van der Waals surface area contributed by atoms with Crippen LogP contribution in [0, 0.1) is 11.8 Å². The molecule has 2 rings (SSSR count). The molecule has 1 atom stereocenters. The number of carboxylic acid groups (broad SMARTS) is 1. The first-order valence-electron chi connectivity index (χ1n) is 6.54. The molecule has 2 N–H and O–H groups in total. The Hall–Kier alpha value is -1.36. The molecule has 0 aliphatic carbocycles. The zero-order valence-electron chi connectivity index (χ0n) is 11.0. The maximum absolute atomic E-state index is 11.0. The molecule has 0 amide bonds. The highest BCUT2D eigenvalue weighted by Gasteiger charge is 2.24. The molecule has 2 heterocycles. The summed E-state index contributed by atoms with van der Waals surface area (Å²) in [6.07, 6.45) is 4.10. The first-order valence-corrected chi connectivity index (χ1v) is 6.54. The van der Waals surface area contributed by atoms with Crippen molar-refractivity contribution in [3.8, 4) is 0 Å². The number of nitrogens with zero attached hydrogens (tertiary/aromatic N) is 2. The fraction of sp³-hybridized carbons (Fsp3) is 0.692. The molecule has 0 aromatic carbocycles. The molecule has 1 fully saturated rings. The summed E-state index contributed by atoms with van der Waals surface area (Å²) in [5, 5.41) is 15.4. The number of aromatic nitrogens is 2. The van der Waals surface area contributed by atoms with Gasteiger partial charge in [-0.1, -0.05) is 13.8 Å². The highest BCUT2D eigenvalue weighted by molar-refractivity contribution is 5.86. The Kier molecular flexibility index (Phi) is 4.01. The van der Waals surface area contributed by atoms with Gasteiger partial charge >= 0.3 is 5.97 Å². The molecule has 1 unspecified atom stereocenters. The zero-order valence-corrected chi connectivity index (χ0v) is 11.0. The lowest BCUT2D eigenvalue weighted by molar-refractivity contribution is 0.0688. The average Bonchev–Trinajstić information content (AvgIpc) is 2.87. The predicted molar refractivity (Wildman–Crippen MR) is 68.4 cm³/mol. The van der Waals surface area contributed by atoms with Crippen LogP contribution in [0.25, 0.3) is 0 Å². The molecule has 1 aliphatic rings. The van der Waals surface area contributed by atoms with E-state index in [9.17, 15) is 4.79 Å². The number of carboxylic acids is 1. The fourth-order valence-electron chi connectivity index (χ4n) is 2.77. The van der Waals surface area contributed by atoms with E-state index in [-0.39, 0.29) is 5.69 Å². The number of nitrogens with one attached hydrogen (secondary N) is 1. The standard InChI is InChI=1S/C13H21N3O2/c1-9(2)5-10-3-4-16(7-10)8-11-6-14-15-12(11)13(17)18/h6,9-10H,3-5,7-8H2,1-2H3,(H,14,15)(H,17,18). The number of aromatic amines is 1. The Morgan fingerprint density at radius 2 is 2.44 bits per heavy atom. The summed E-state index contributed by atoms with van der Waals surface area (Å²) in [5.41, 5.74) is 1.01. The predicted octanol–water partition coefficient (Wildman–Crippen LogP) is 1.98. The SMILES string of the molecule is CC(C)CC1CCN(Cc2cn[nH]c2C(=O)O)C1. The number of aromatic carboxylic acids is 1. The molecule has 0 spiro atoms. The number of hydrogen-bond donors (Lipinski definition) is 2. The summed E-state index contributed by atoms with van der Waals surface area (Å²) in [4.78, 5) is 13.3. The number of rotatable bonds is 5. The van der Waals surface area contributed by atoms with E-state index in [1.165, 1.54) is 12.8 Å². The van der Waals surface area contributed by atoms with Gasteiger partial charge in [0.25, 0.3) is 0 Å². The van der Waals surface area contributed by atoms with Crippen molar-refractivity contribution in [3.05, 3.63) is 17.5 Å². The Morgan fingerprint density at radius 3 is 3.11 bits per heavy atom. The van der Waals surface area contributed by atoms with E-state index >= 15 is 0 Å². The van der Waals surface area contributed by atoms with Crippen LogP contribution >= 0.6 is 0 Å². The second-order valence-corrected chi connectivity index (χ2v) is 5.59. The van der Waals surface area contributed by atoms with Crippen molar-refractivity contribution < 1.29 is 9.90 Å². The van der Waals surface area contributed by atoms with E-state index in [1.54, 1.807) is 6.20 Å². The van der Waals surface area contributed by atoms with Gasteiger partial charge in [-0.15, -0.1) is 0 Å². The van der Waals surface area contributed by atoms with Gasteiger partial charge in [-0.2, -0.15) is 5.10 Å². The third-order valence-electron chi connectivity index (χ3n) is 3.50. The van der Waals surface area contributed by atoms with Crippen molar-refractivity contribution >= 4 is 5.97 Å². The van der Waals surface area contributed by atoms with Crippen molar-refractivity contribution in [2.24, 2.45) is 11.8 Å². The monoisotopic (exact) mass is 251 g/mol. The third kappa shape index (κ3) is 3.10. The minimum atomic E-state index is -0.930. The molecule has 1 aliphatic heterocycles. The molecule has 0 bridgehead atoms. The number of carbonyl (C=O) groups is 1. The number of hydrogen-bond acceptors (Lipinski definition) is 3. The quantitative estimate of drug-likeness (QED) is 0.839. The van der Waals surface area contributed by atoms with E-state index < -0.39 is 5.97 Å². The minimum absolute atomic E-state index is 0.224. The second-order valence-electron chi connectivity index (χ2n) is 5.59. The second kappa shape index (κ2) is 5.52. The van der Waals surface area contributed by atoms with Crippen molar-refractivity contribution in [2.45, 2.75) is 33.2 Å². The van der Waals surface area contributed by atoms with Crippen LogP contribution in [0.4, 0.5) is 0 Å². The van der Waals surface area contributed by atoms with Gasteiger partial charge in [0, 0.05) is 18.7 Å². The van der Waals surface area contributed by atoms with Gasteiger partial charge in [0.05, 0.1) is 6.20 Å². The maximum atomic E-state index is 11.0. The Labute approximate surface area is 107 Å². The average molecular weight is 251 g/mol. The lowest BCUT2D eigenvalue weighted by atomic mass is 9.97. The van der Waals surface area contributed by atoms with Crippen LogP contribution in [0.2, 0.25) is 0 Å². The van der Waals surface area contributed by atoms with Crippen molar-refractivity contribution in [1.82, 2.24) is 15.1 Å². The summed E-state index contributed by atoms with van der Waals surface area (Å²) < 4.78 is 0. The molecular formula is C13H21N3O2. The molecule has 0 radical (unpaired) electrons. The normalized spacial score (nSPS) is 20.7. The smallest absolute Gasteiger partial charge is 0.354 e. The van der Waals surface area contributed by atoms with Crippen LogP contribution in [0.15, 0.2) is 6.20 Å². The van der Waals surface area contributed by atoms with E-state index in [1.807, 2.05) is 0 Å². The molecule has 0 saturated carbocycles. The Bertz CT molecular complexity index is 414. The van der Waals surface area contributed by atoms with Gasteiger partial charge < -0.3 is 5.11 Å². The first-order chi connectivity index (χ1) is 8.56. The molecule has 1 aromatic heterocycles. The van der Waals surface area contributed by atoms with Gasteiger partial charge in [0.2, 0.25) is 0 Å². The van der Waals surface area contributed by atoms with E-state index in [0.29, 0.717) is 6.54 Å². The molecule has 18 heavy (non-hydrogen) atoms. The highest BCUT2D eigenvalue weighted by atomic mass is 16.4. The van der Waals surface area contributed by atoms with Gasteiger partial charge in [-0.25, -0.2) is 4.79 Å². The van der Waals surface area contributed by atoms with Crippen LogP contribution in [-0.4, -0.2) is 39.3 Å². The minimum Gasteiger partial charge on any atom is -0.477 e. The van der Waals surface area contributed by atoms with Crippen molar-refractivity contribution in [3.63, 3.8) is 0 Å². The Balaban J connectivity index is 1.91. The van der Waals surface area contributed by atoms with Gasteiger partial charge in [0.1, 0.15) is 5.69 Å². The molecule has 5 nitrogen and oxygen atoms in total. The summed E-state index contributed by atoms with van der Waals surface area (Å²) in [6.45, 7) is 7.32. The highest BCUT2D eigenvalue weighted by Crippen LogP contribution is 2.24. The molecule has 1 saturated heterocycles. The van der Waals surface area contributed by atoms with Crippen LogP contribution < -0.4 is 0 Å². The fourth-order valence-corrected chi connectivity index (χ4v) is 2.77. The van der Waals surface area contributed by atoms with Crippen LogP contribution in [0.5, 0.6) is 0 Å². The number of H-pyrrole nitrogens is 1. The van der Waals surface area contributed by atoms with E-state index in [2.05, 4.69) is 28.9 Å². The molecule has 1 aromatic rings. The maximum Gasteiger partial charge on any atom is 0.354 e. The van der Waals surface area contributed by atoms with E-state index in [4.69, 9.17) is 5.11 Å². The lowest BCUT2D eigenvalue weighted by Crippen LogP contribution is -2.21. The first kappa shape index (κ1) is 13.1. The topological polar surface area (TPSA) is 69.2 Å². The van der Waals surface area contributed by atoms with Crippen molar-refractivity contribution in [1.29, 1.82) is 0 Å². The largest absolute Gasteiger partial charge is 0.477 e. The Morgan fingerprint density at radius 1 is 1.67 bits per heavy atom.